The Labute approximate surface area is 212 Å². The van der Waals surface area contributed by atoms with E-state index in [-0.39, 0.29) is 11.5 Å². The first-order chi connectivity index (χ1) is 15.4. The molecule has 164 valence electrons. The van der Waals surface area contributed by atoms with Crippen molar-refractivity contribution in [3.05, 3.63) is 90.1 Å². The van der Waals surface area contributed by atoms with E-state index < -0.39 is 5.97 Å². The molecule has 0 aromatic heterocycles. The van der Waals surface area contributed by atoms with Gasteiger partial charge in [-0.2, -0.15) is 5.10 Å². The molecule has 0 unspecified atom stereocenters. The second-order valence-electron chi connectivity index (χ2n) is 6.53. The van der Waals surface area contributed by atoms with Crippen LogP contribution in [-0.2, 0) is 6.61 Å². The van der Waals surface area contributed by atoms with E-state index in [0.29, 0.717) is 17.9 Å². The summed E-state index contributed by atoms with van der Waals surface area (Å²) in [6.07, 6.45) is 1.57. The number of benzene rings is 3. The van der Waals surface area contributed by atoms with E-state index in [2.05, 4.69) is 55.7 Å². The standard InChI is InChI=1S/C23H18I2N2O5/c1-31-18-8-6-16(7-9-18)22(28)27-26-12-15-10-19(24)21(20(25)11-15)32-13-14-2-4-17(5-3-14)23(29)30/h2-12H,13H2,1H3,(H,27,28)(H,29,30)/b26-12-. The highest BCUT2D eigenvalue weighted by Crippen LogP contribution is 2.29. The summed E-state index contributed by atoms with van der Waals surface area (Å²) in [6, 6.07) is 17.1. The molecule has 0 saturated heterocycles. The number of hydrogen-bond donors (Lipinski definition) is 2. The fourth-order valence-corrected chi connectivity index (χ4v) is 4.79. The molecule has 7 nitrogen and oxygen atoms in total. The molecule has 0 aliphatic heterocycles. The van der Waals surface area contributed by atoms with Crippen LogP contribution in [0.2, 0.25) is 0 Å². The number of carbonyl (C=O) groups excluding carboxylic acids is 1. The Balaban J connectivity index is 1.61. The number of amides is 1. The van der Waals surface area contributed by atoms with Gasteiger partial charge in [-0.15, -0.1) is 0 Å². The molecule has 32 heavy (non-hydrogen) atoms. The first-order valence-corrected chi connectivity index (χ1v) is 11.4. The van der Waals surface area contributed by atoms with Gasteiger partial charge in [-0.1, -0.05) is 12.1 Å². The summed E-state index contributed by atoms with van der Waals surface area (Å²) in [5.41, 5.74) is 4.91. The molecule has 3 rings (SSSR count). The number of nitrogens with zero attached hydrogens (tertiary/aromatic N) is 1. The highest BCUT2D eigenvalue weighted by molar-refractivity contribution is 14.1. The van der Waals surface area contributed by atoms with Crippen molar-refractivity contribution >= 4 is 63.3 Å². The Kier molecular flexibility index (Phi) is 8.45. The normalized spacial score (nSPS) is 10.7. The zero-order chi connectivity index (χ0) is 23.1. The summed E-state index contributed by atoms with van der Waals surface area (Å²) in [5.74, 6) is 0.128. The summed E-state index contributed by atoms with van der Waals surface area (Å²) >= 11 is 4.36. The van der Waals surface area contributed by atoms with Crippen LogP contribution >= 0.6 is 45.2 Å². The van der Waals surface area contributed by atoms with E-state index in [9.17, 15) is 9.59 Å². The Morgan fingerprint density at radius 2 is 1.59 bits per heavy atom. The number of hydrazone groups is 1. The number of rotatable bonds is 8. The van der Waals surface area contributed by atoms with Crippen LogP contribution in [-0.4, -0.2) is 30.3 Å². The lowest BCUT2D eigenvalue weighted by Gasteiger charge is -2.11. The van der Waals surface area contributed by atoms with Crippen LogP contribution in [0.15, 0.2) is 65.8 Å². The third-order valence-electron chi connectivity index (χ3n) is 4.34. The van der Waals surface area contributed by atoms with Gasteiger partial charge in [0.15, 0.2) is 0 Å². The quantitative estimate of drug-likeness (QED) is 0.204. The summed E-state index contributed by atoms with van der Waals surface area (Å²) in [6.45, 7) is 0.317. The van der Waals surface area contributed by atoms with E-state index >= 15 is 0 Å². The molecule has 0 heterocycles. The fourth-order valence-electron chi connectivity index (χ4n) is 2.66. The molecular formula is C23H18I2N2O5. The molecule has 1 amide bonds. The van der Waals surface area contributed by atoms with Crippen LogP contribution in [0.3, 0.4) is 0 Å². The first kappa shape index (κ1) is 24.0. The van der Waals surface area contributed by atoms with Gasteiger partial charge in [-0.25, -0.2) is 10.2 Å². The fraction of sp³-hybridized carbons (Fsp3) is 0.0870. The molecule has 0 bridgehead atoms. The molecule has 2 N–H and O–H groups in total. The number of carboxylic acid groups (broad SMARTS) is 1. The van der Waals surface area contributed by atoms with E-state index in [1.807, 2.05) is 12.1 Å². The molecule has 3 aromatic rings. The van der Waals surface area contributed by atoms with Crippen molar-refractivity contribution < 1.29 is 24.2 Å². The third-order valence-corrected chi connectivity index (χ3v) is 5.94. The number of halogens is 2. The zero-order valence-electron chi connectivity index (χ0n) is 16.8. The maximum atomic E-state index is 12.2. The van der Waals surface area contributed by atoms with Gasteiger partial charge in [0.25, 0.3) is 5.91 Å². The van der Waals surface area contributed by atoms with Crippen molar-refractivity contribution in [2.24, 2.45) is 5.10 Å². The minimum Gasteiger partial charge on any atom is -0.497 e. The Hall–Kier alpha value is -2.67. The molecule has 0 radical (unpaired) electrons. The predicted molar refractivity (Wildman–Crippen MR) is 138 cm³/mol. The van der Waals surface area contributed by atoms with Gasteiger partial charge < -0.3 is 14.6 Å². The van der Waals surface area contributed by atoms with Crippen molar-refractivity contribution in [1.82, 2.24) is 5.43 Å². The van der Waals surface area contributed by atoms with Crippen molar-refractivity contribution in [2.75, 3.05) is 7.11 Å². The average molecular weight is 656 g/mol. The number of hydrogen-bond acceptors (Lipinski definition) is 5. The maximum absolute atomic E-state index is 12.2. The SMILES string of the molecule is COc1ccc(C(=O)N/N=C\c2cc(I)c(OCc3ccc(C(=O)O)cc3)c(I)c2)cc1. The Morgan fingerprint density at radius 1 is 1.00 bits per heavy atom. The van der Waals surface area contributed by atoms with Gasteiger partial charge in [0.2, 0.25) is 0 Å². The number of methoxy groups -OCH3 is 1. The lowest BCUT2D eigenvalue weighted by Crippen LogP contribution is -2.17. The van der Waals surface area contributed by atoms with E-state index in [4.69, 9.17) is 14.6 Å². The Bertz CT molecular complexity index is 1120. The van der Waals surface area contributed by atoms with E-state index in [1.54, 1.807) is 61.9 Å². The van der Waals surface area contributed by atoms with Crippen LogP contribution in [0.5, 0.6) is 11.5 Å². The largest absolute Gasteiger partial charge is 0.497 e. The first-order valence-electron chi connectivity index (χ1n) is 9.29. The summed E-state index contributed by atoms with van der Waals surface area (Å²) in [4.78, 5) is 23.1. The van der Waals surface area contributed by atoms with Crippen LogP contribution in [0, 0.1) is 7.14 Å². The van der Waals surface area contributed by atoms with Crippen molar-refractivity contribution in [3.8, 4) is 11.5 Å². The summed E-state index contributed by atoms with van der Waals surface area (Å²) in [5, 5.41) is 13.0. The highest BCUT2D eigenvalue weighted by atomic mass is 127. The summed E-state index contributed by atoms with van der Waals surface area (Å²) in [7, 11) is 1.57. The molecule has 9 heteroatoms. The molecule has 0 saturated carbocycles. The molecule has 3 aromatic carbocycles. The smallest absolute Gasteiger partial charge is 0.335 e. The molecule has 0 spiro atoms. The minimum absolute atomic E-state index is 0.237. The van der Waals surface area contributed by atoms with Gasteiger partial charge in [-0.3, -0.25) is 4.79 Å². The van der Waals surface area contributed by atoms with Gasteiger partial charge in [-0.05, 0) is 105 Å². The molecule has 0 aliphatic rings. The van der Waals surface area contributed by atoms with Crippen LogP contribution in [0.4, 0.5) is 0 Å². The van der Waals surface area contributed by atoms with Crippen LogP contribution in [0.25, 0.3) is 0 Å². The summed E-state index contributed by atoms with van der Waals surface area (Å²) < 4.78 is 12.8. The highest BCUT2D eigenvalue weighted by Gasteiger charge is 2.10. The predicted octanol–water partition coefficient (Wildman–Crippen LogP) is 4.95. The second kappa shape index (κ2) is 11.3. The maximum Gasteiger partial charge on any atom is 0.335 e. The number of carboxylic acids is 1. The van der Waals surface area contributed by atoms with Crippen LogP contribution in [0.1, 0.15) is 31.8 Å². The number of aromatic carboxylic acids is 1. The monoisotopic (exact) mass is 656 g/mol. The minimum atomic E-state index is -0.959. The third kappa shape index (κ3) is 6.42. The molecule has 0 atom stereocenters. The molecule has 0 aliphatic carbocycles. The number of nitrogens with one attached hydrogen (secondary N) is 1. The van der Waals surface area contributed by atoms with Gasteiger partial charge in [0.1, 0.15) is 18.1 Å². The van der Waals surface area contributed by atoms with Crippen molar-refractivity contribution in [2.45, 2.75) is 6.61 Å². The van der Waals surface area contributed by atoms with Gasteiger partial charge in [0, 0.05) is 5.56 Å². The van der Waals surface area contributed by atoms with E-state index in [0.717, 1.165) is 24.0 Å². The van der Waals surface area contributed by atoms with Gasteiger partial charge in [0.05, 0.1) is 26.0 Å². The lowest BCUT2D eigenvalue weighted by atomic mass is 10.1. The van der Waals surface area contributed by atoms with E-state index in [1.165, 1.54) is 0 Å². The second-order valence-corrected chi connectivity index (χ2v) is 8.86. The molecule has 0 fully saturated rings. The number of ether oxygens (including phenoxy) is 2. The molecular weight excluding hydrogens is 638 g/mol. The van der Waals surface area contributed by atoms with Crippen molar-refractivity contribution in [1.29, 1.82) is 0 Å². The van der Waals surface area contributed by atoms with Crippen molar-refractivity contribution in [3.63, 3.8) is 0 Å². The average Bonchev–Trinajstić information content (AvgIpc) is 2.78. The number of carbonyl (C=O) groups is 2. The topological polar surface area (TPSA) is 97.2 Å². The van der Waals surface area contributed by atoms with Crippen LogP contribution < -0.4 is 14.9 Å². The van der Waals surface area contributed by atoms with Gasteiger partial charge >= 0.3 is 5.97 Å². The lowest BCUT2D eigenvalue weighted by molar-refractivity contribution is 0.0696. The Morgan fingerprint density at radius 3 is 2.16 bits per heavy atom. The zero-order valence-corrected chi connectivity index (χ0v) is 21.2.